The number of nitrogens with zero attached hydrogens (tertiary/aromatic N) is 1. The molecule has 152 valence electrons. The molecule has 2 N–H and O–H groups in total. The van der Waals surface area contributed by atoms with Crippen molar-refractivity contribution in [1.29, 1.82) is 5.26 Å². The van der Waals surface area contributed by atoms with Crippen molar-refractivity contribution in [1.82, 2.24) is 5.32 Å². The molecule has 0 bridgehead atoms. The van der Waals surface area contributed by atoms with E-state index < -0.39 is 0 Å². The van der Waals surface area contributed by atoms with Crippen LogP contribution in [0.25, 0.3) is 10.8 Å². The van der Waals surface area contributed by atoms with Crippen LogP contribution in [0.2, 0.25) is 0 Å². The lowest BCUT2D eigenvalue weighted by atomic mass is 10.0. The molecule has 0 heterocycles. The Morgan fingerprint density at radius 1 is 0.967 bits per heavy atom. The van der Waals surface area contributed by atoms with Crippen LogP contribution in [-0.2, 0) is 16.0 Å². The molecule has 3 rings (SSSR count). The quantitative estimate of drug-likeness (QED) is 0.533. The molecular formula is C24H23N3O3. The van der Waals surface area contributed by atoms with Crippen LogP contribution in [0.15, 0.2) is 66.7 Å². The Balaban J connectivity index is 1.48. The molecule has 30 heavy (non-hydrogen) atoms. The fraction of sp³-hybridized carbons (Fsp3) is 0.208. The molecule has 0 unspecified atom stereocenters. The van der Waals surface area contributed by atoms with Gasteiger partial charge in [0.2, 0.25) is 11.8 Å². The van der Waals surface area contributed by atoms with Crippen LogP contribution >= 0.6 is 0 Å². The first kappa shape index (κ1) is 20.9. The van der Waals surface area contributed by atoms with Gasteiger partial charge in [-0.1, -0.05) is 48.5 Å². The highest BCUT2D eigenvalue weighted by Gasteiger charge is 2.09. The van der Waals surface area contributed by atoms with Crippen molar-refractivity contribution in [2.24, 2.45) is 0 Å². The molecule has 0 fully saturated rings. The van der Waals surface area contributed by atoms with Crippen LogP contribution in [0.4, 0.5) is 5.69 Å². The molecule has 0 aliphatic rings. The molecule has 0 saturated carbocycles. The number of carbonyl (C=O) groups excluding carboxylic acids is 2. The van der Waals surface area contributed by atoms with Crippen LogP contribution in [0.3, 0.4) is 0 Å². The minimum atomic E-state index is -0.317. The van der Waals surface area contributed by atoms with Crippen molar-refractivity contribution < 1.29 is 14.3 Å². The predicted octanol–water partition coefficient (Wildman–Crippen LogP) is 3.82. The van der Waals surface area contributed by atoms with E-state index in [9.17, 15) is 9.59 Å². The van der Waals surface area contributed by atoms with E-state index in [0.29, 0.717) is 30.9 Å². The number of benzene rings is 3. The largest absolute Gasteiger partial charge is 0.493 e. The van der Waals surface area contributed by atoms with E-state index >= 15 is 0 Å². The van der Waals surface area contributed by atoms with E-state index in [4.69, 9.17) is 10.00 Å². The van der Waals surface area contributed by atoms with Crippen molar-refractivity contribution in [2.75, 3.05) is 18.5 Å². The highest BCUT2D eigenvalue weighted by atomic mass is 16.5. The first-order valence-corrected chi connectivity index (χ1v) is 9.79. The standard InChI is InChI=1S/C24H23N3O3/c25-13-3-4-14-30-21-11-6-10-20(16-21)27-24(29)17-26-23(28)15-19-9-5-8-18-7-1-2-12-22(18)19/h1-2,5-12,16H,3-4,14-15,17H2,(H,26,28)(H,27,29). The Morgan fingerprint density at radius 2 is 1.77 bits per heavy atom. The predicted molar refractivity (Wildman–Crippen MR) is 116 cm³/mol. The maximum atomic E-state index is 12.3. The van der Waals surface area contributed by atoms with Gasteiger partial charge in [-0.25, -0.2) is 0 Å². The summed E-state index contributed by atoms with van der Waals surface area (Å²) < 4.78 is 5.56. The van der Waals surface area contributed by atoms with Crippen molar-refractivity contribution in [3.05, 3.63) is 72.3 Å². The summed E-state index contributed by atoms with van der Waals surface area (Å²) in [6.45, 7) is 0.325. The molecule has 0 atom stereocenters. The Morgan fingerprint density at radius 3 is 2.63 bits per heavy atom. The van der Waals surface area contributed by atoms with Crippen molar-refractivity contribution in [3.63, 3.8) is 0 Å². The summed E-state index contributed by atoms with van der Waals surface area (Å²) in [6, 6.07) is 22.8. The van der Waals surface area contributed by atoms with Gasteiger partial charge in [0.15, 0.2) is 0 Å². The summed E-state index contributed by atoms with van der Waals surface area (Å²) in [6.07, 6.45) is 1.30. The maximum Gasteiger partial charge on any atom is 0.243 e. The second-order valence-corrected chi connectivity index (χ2v) is 6.78. The van der Waals surface area contributed by atoms with Gasteiger partial charge in [0.05, 0.1) is 25.6 Å². The van der Waals surface area contributed by atoms with Gasteiger partial charge in [-0.2, -0.15) is 5.26 Å². The molecule has 6 heteroatoms. The molecule has 3 aromatic rings. The number of hydrogen-bond donors (Lipinski definition) is 2. The number of amides is 2. The average molecular weight is 401 g/mol. The monoisotopic (exact) mass is 401 g/mol. The lowest BCUT2D eigenvalue weighted by Crippen LogP contribution is -2.33. The second-order valence-electron chi connectivity index (χ2n) is 6.78. The molecular weight excluding hydrogens is 378 g/mol. The van der Waals surface area contributed by atoms with Gasteiger partial charge in [-0.3, -0.25) is 9.59 Å². The Bertz CT molecular complexity index is 1070. The molecule has 0 aliphatic heterocycles. The topological polar surface area (TPSA) is 91.2 Å². The Labute approximate surface area is 175 Å². The third kappa shape index (κ3) is 6.08. The minimum Gasteiger partial charge on any atom is -0.493 e. The average Bonchev–Trinajstić information content (AvgIpc) is 2.76. The van der Waals surface area contributed by atoms with E-state index in [-0.39, 0.29) is 24.8 Å². The zero-order valence-electron chi connectivity index (χ0n) is 16.6. The van der Waals surface area contributed by atoms with Gasteiger partial charge in [0, 0.05) is 18.2 Å². The summed E-state index contributed by atoms with van der Waals surface area (Å²) >= 11 is 0. The molecule has 0 aromatic heterocycles. The maximum absolute atomic E-state index is 12.3. The fourth-order valence-corrected chi connectivity index (χ4v) is 3.07. The lowest BCUT2D eigenvalue weighted by Gasteiger charge is -2.10. The molecule has 2 amide bonds. The van der Waals surface area contributed by atoms with Crippen molar-refractivity contribution >= 4 is 28.3 Å². The van der Waals surface area contributed by atoms with Gasteiger partial charge in [0.25, 0.3) is 0 Å². The summed E-state index contributed by atoms with van der Waals surface area (Å²) in [4.78, 5) is 24.5. The van der Waals surface area contributed by atoms with Gasteiger partial charge in [-0.15, -0.1) is 0 Å². The highest BCUT2D eigenvalue weighted by molar-refractivity contribution is 5.96. The Kier molecular flexibility index (Phi) is 7.39. The molecule has 0 radical (unpaired) electrons. The molecule has 0 spiro atoms. The van der Waals surface area contributed by atoms with E-state index in [2.05, 4.69) is 16.7 Å². The highest BCUT2D eigenvalue weighted by Crippen LogP contribution is 2.19. The summed E-state index contributed by atoms with van der Waals surface area (Å²) in [5, 5.41) is 16.1. The Hall–Kier alpha value is -3.85. The van der Waals surface area contributed by atoms with Crippen molar-refractivity contribution in [2.45, 2.75) is 19.3 Å². The van der Waals surface area contributed by atoms with Crippen LogP contribution in [-0.4, -0.2) is 25.0 Å². The van der Waals surface area contributed by atoms with E-state index in [1.54, 1.807) is 24.3 Å². The first-order valence-electron chi connectivity index (χ1n) is 9.79. The first-order chi connectivity index (χ1) is 14.7. The van der Waals surface area contributed by atoms with Crippen molar-refractivity contribution in [3.8, 4) is 11.8 Å². The molecule has 0 aliphatic carbocycles. The molecule has 6 nitrogen and oxygen atoms in total. The normalized spacial score (nSPS) is 10.2. The summed E-state index contributed by atoms with van der Waals surface area (Å²) in [5.74, 6) is 0.0877. The fourth-order valence-electron chi connectivity index (χ4n) is 3.07. The summed E-state index contributed by atoms with van der Waals surface area (Å²) in [5.41, 5.74) is 1.51. The second kappa shape index (κ2) is 10.6. The number of rotatable bonds is 9. The lowest BCUT2D eigenvalue weighted by molar-refractivity contribution is -0.123. The number of nitrogens with one attached hydrogen (secondary N) is 2. The van der Waals surface area contributed by atoms with Crippen LogP contribution < -0.4 is 15.4 Å². The molecule has 0 saturated heterocycles. The van der Waals surface area contributed by atoms with Gasteiger partial charge >= 0.3 is 0 Å². The minimum absolute atomic E-state index is 0.114. The van der Waals surface area contributed by atoms with Gasteiger partial charge < -0.3 is 15.4 Å². The van der Waals surface area contributed by atoms with Gasteiger partial charge in [-0.05, 0) is 34.9 Å². The number of anilines is 1. The SMILES string of the molecule is N#CCCCOc1cccc(NC(=O)CNC(=O)Cc2cccc3ccccc23)c1. The van der Waals surface area contributed by atoms with E-state index in [1.165, 1.54) is 0 Å². The van der Waals surface area contributed by atoms with Gasteiger partial charge in [0.1, 0.15) is 5.75 Å². The van der Waals surface area contributed by atoms with E-state index in [0.717, 1.165) is 16.3 Å². The number of fused-ring (bicyclic) bond motifs is 1. The third-order valence-electron chi connectivity index (χ3n) is 4.50. The zero-order chi connectivity index (χ0) is 21.2. The number of unbranched alkanes of at least 4 members (excludes halogenated alkanes) is 1. The number of nitriles is 1. The number of ether oxygens (including phenoxy) is 1. The zero-order valence-corrected chi connectivity index (χ0v) is 16.6. The smallest absolute Gasteiger partial charge is 0.243 e. The van der Waals surface area contributed by atoms with E-state index in [1.807, 2.05) is 42.5 Å². The number of hydrogen-bond acceptors (Lipinski definition) is 4. The third-order valence-corrected chi connectivity index (χ3v) is 4.50. The molecule has 3 aromatic carbocycles. The number of carbonyl (C=O) groups is 2. The summed E-state index contributed by atoms with van der Waals surface area (Å²) in [7, 11) is 0. The van der Waals surface area contributed by atoms with Crippen LogP contribution in [0.1, 0.15) is 18.4 Å². The van der Waals surface area contributed by atoms with Crippen LogP contribution in [0.5, 0.6) is 5.75 Å². The van der Waals surface area contributed by atoms with Crippen LogP contribution in [0, 0.1) is 11.3 Å².